The number of hydrogen-bond donors (Lipinski definition) is 1. The van der Waals surface area contributed by atoms with Gasteiger partial charge in [-0.2, -0.15) is 0 Å². The van der Waals surface area contributed by atoms with E-state index in [0.717, 1.165) is 57.8 Å². The second-order valence-electron chi connectivity index (χ2n) is 6.40. The Morgan fingerprint density at radius 3 is 2.21 bits per heavy atom. The Morgan fingerprint density at radius 1 is 0.875 bits per heavy atom. The lowest BCUT2D eigenvalue weighted by Gasteiger charge is -2.17. The maximum Gasteiger partial charge on any atom is 0.306 e. The smallest absolute Gasteiger partial charge is 0.306 e. The minimum atomic E-state index is -0.759. The molecule has 24 heavy (non-hydrogen) atoms. The van der Waals surface area contributed by atoms with Gasteiger partial charge in [-0.25, -0.2) is 0 Å². The first-order chi connectivity index (χ1) is 11.6. The van der Waals surface area contributed by atoms with Gasteiger partial charge in [0.15, 0.2) is 0 Å². The molecule has 0 saturated heterocycles. The standard InChI is InChI=1S/C20H36O4/c1-3-5-7-8-9-10-11-17-20(23)24-18(14-6-4-2)15-12-13-16-19(21)22/h7-8,18H,3-6,9-17H2,1-2H3,(H,21,22)/b8-7+. The third-order valence-electron chi connectivity index (χ3n) is 3.97. The second-order valence-corrected chi connectivity index (χ2v) is 6.40. The molecular weight excluding hydrogens is 304 g/mol. The molecule has 0 bridgehead atoms. The Hall–Kier alpha value is -1.32. The highest BCUT2D eigenvalue weighted by Gasteiger charge is 2.14. The molecule has 4 nitrogen and oxygen atoms in total. The summed E-state index contributed by atoms with van der Waals surface area (Å²) in [6, 6.07) is 0. The Balaban J connectivity index is 3.90. The van der Waals surface area contributed by atoms with Gasteiger partial charge in [0.2, 0.25) is 0 Å². The molecule has 0 aliphatic heterocycles. The summed E-state index contributed by atoms with van der Waals surface area (Å²) in [4.78, 5) is 22.5. The van der Waals surface area contributed by atoms with Crippen molar-refractivity contribution in [3.63, 3.8) is 0 Å². The summed E-state index contributed by atoms with van der Waals surface area (Å²) >= 11 is 0. The zero-order chi connectivity index (χ0) is 18.0. The Kier molecular flexibility index (Phi) is 15.6. The number of rotatable bonds is 16. The zero-order valence-electron chi connectivity index (χ0n) is 15.6. The van der Waals surface area contributed by atoms with Gasteiger partial charge in [0, 0.05) is 12.8 Å². The summed E-state index contributed by atoms with van der Waals surface area (Å²) in [6.45, 7) is 4.28. The largest absolute Gasteiger partial charge is 0.481 e. The maximum atomic E-state index is 12.0. The van der Waals surface area contributed by atoms with Crippen LogP contribution in [0.25, 0.3) is 0 Å². The van der Waals surface area contributed by atoms with E-state index in [4.69, 9.17) is 9.84 Å². The fraction of sp³-hybridized carbons (Fsp3) is 0.800. The average molecular weight is 341 g/mol. The van der Waals surface area contributed by atoms with E-state index >= 15 is 0 Å². The molecule has 0 amide bonds. The van der Waals surface area contributed by atoms with Crippen molar-refractivity contribution in [2.45, 2.75) is 103 Å². The highest BCUT2D eigenvalue weighted by atomic mass is 16.5. The van der Waals surface area contributed by atoms with E-state index in [-0.39, 0.29) is 18.5 Å². The first-order valence-corrected chi connectivity index (χ1v) is 9.66. The van der Waals surface area contributed by atoms with E-state index in [1.165, 1.54) is 6.42 Å². The van der Waals surface area contributed by atoms with Gasteiger partial charge >= 0.3 is 11.9 Å². The summed E-state index contributed by atoms with van der Waals surface area (Å²) in [7, 11) is 0. The first-order valence-electron chi connectivity index (χ1n) is 9.66. The van der Waals surface area contributed by atoms with Crippen LogP contribution in [0.3, 0.4) is 0 Å². The molecule has 0 aromatic carbocycles. The monoisotopic (exact) mass is 340 g/mol. The molecule has 0 aliphatic rings. The maximum absolute atomic E-state index is 12.0. The summed E-state index contributed by atoms with van der Waals surface area (Å²) in [5, 5.41) is 8.66. The van der Waals surface area contributed by atoms with Crippen LogP contribution in [0.1, 0.15) is 97.3 Å². The number of carboxylic acids is 1. The molecule has 0 spiro atoms. The van der Waals surface area contributed by atoms with Crippen LogP contribution in [-0.2, 0) is 14.3 Å². The van der Waals surface area contributed by atoms with Crippen LogP contribution in [0.4, 0.5) is 0 Å². The van der Waals surface area contributed by atoms with Gasteiger partial charge in [-0.1, -0.05) is 45.3 Å². The van der Waals surface area contributed by atoms with Gasteiger partial charge in [-0.05, 0) is 51.4 Å². The van der Waals surface area contributed by atoms with Crippen molar-refractivity contribution in [1.29, 1.82) is 0 Å². The number of allylic oxidation sites excluding steroid dienone is 2. The van der Waals surface area contributed by atoms with E-state index in [2.05, 4.69) is 26.0 Å². The van der Waals surface area contributed by atoms with Crippen LogP contribution in [-0.4, -0.2) is 23.1 Å². The quantitative estimate of drug-likeness (QED) is 0.224. The number of carboxylic acid groups (broad SMARTS) is 1. The van der Waals surface area contributed by atoms with E-state index < -0.39 is 5.97 Å². The molecule has 0 aromatic rings. The molecular formula is C20H36O4. The molecule has 4 heteroatoms. The molecule has 0 saturated carbocycles. The van der Waals surface area contributed by atoms with E-state index in [1.807, 2.05) is 0 Å². The number of aliphatic carboxylic acids is 1. The summed E-state index contributed by atoms with van der Waals surface area (Å²) in [5.41, 5.74) is 0. The van der Waals surface area contributed by atoms with Crippen LogP contribution in [0.2, 0.25) is 0 Å². The van der Waals surface area contributed by atoms with Crippen molar-refractivity contribution in [2.75, 3.05) is 0 Å². The molecule has 140 valence electrons. The van der Waals surface area contributed by atoms with Gasteiger partial charge in [0.05, 0.1) is 0 Å². The van der Waals surface area contributed by atoms with Crippen molar-refractivity contribution in [2.24, 2.45) is 0 Å². The lowest BCUT2D eigenvalue weighted by molar-refractivity contribution is -0.150. The van der Waals surface area contributed by atoms with Crippen molar-refractivity contribution in [1.82, 2.24) is 0 Å². The Morgan fingerprint density at radius 2 is 1.54 bits per heavy atom. The van der Waals surface area contributed by atoms with Crippen LogP contribution in [0.15, 0.2) is 12.2 Å². The first kappa shape index (κ1) is 22.7. The van der Waals surface area contributed by atoms with E-state index in [9.17, 15) is 9.59 Å². The van der Waals surface area contributed by atoms with E-state index in [0.29, 0.717) is 12.8 Å². The number of ether oxygens (including phenoxy) is 1. The summed E-state index contributed by atoms with van der Waals surface area (Å²) in [6.07, 6.45) is 15.5. The normalized spacial score (nSPS) is 12.4. The Labute approximate surface area is 147 Å². The van der Waals surface area contributed by atoms with Gasteiger partial charge in [0.1, 0.15) is 6.10 Å². The average Bonchev–Trinajstić information content (AvgIpc) is 2.55. The molecule has 0 heterocycles. The summed E-state index contributed by atoms with van der Waals surface area (Å²) < 4.78 is 5.60. The van der Waals surface area contributed by atoms with Crippen LogP contribution >= 0.6 is 0 Å². The molecule has 1 unspecified atom stereocenters. The second kappa shape index (κ2) is 16.5. The Bertz CT molecular complexity index is 350. The van der Waals surface area contributed by atoms with Gasteiger partial charge in [-0.3, -0.25) is 9.59 Å². The fourth-order valence-electron chi connectivity index (χ4n) is 2.52. The number of esters is 1. The van der Waals surface area contributed by atoms with Crippen molar-refractivity contribution in [3.05, 3.63) is 12.2 Å². The fourth-order valence-corrected chi connectivity index (χ4v) is 2.52. The van der Waals surface area contributed by atoms with E-state index in [1.54, 1.807) is 0 Å². The molecule has 0 aromatic heterocycles. The predicted molar refractivity (Wildman–Crippen MR) is 98.0 cm³/mol. The lowest BCUT2D eigenvalue weighted by Crippen LogP contribution is -2.18. The highest BCUT2D eigenvalue weighted by Crippen LogP contribution is 2.15. The minimum Gasteiger partial charge on any atom is -0.481 e. The van der Waals surface area contributed by atoms with Crippen molar-refractivity contribution >= 4 is 11.9 Å². The third kappa shape index (κ3) is 15.6. The zero-order valence-corrected chi connectivity index (χ0v) is 15.6. The van der Waals surface area contributed by atoms with Crippen molar-refractivity contribution < 1.29 is 19.4 Å². The topological polar surface area (TPSA) is 63.6 Å². The van der Waals surface area contributed by atoms with Crippen molar-refractivity contribution in [3.8, 4) is 0 Å². The van der Waals surface area contributed by atoms with Crippen LogP contribution < -0.4 is 0 Å². The minimum absolute atomic E-state index is 0.0457. The molecule has 0 aliphatic carbocycles. The highest BCUT2D eigenvalue weighted by molar-refractivity contribution is 5.69. The third-order valence-corrected chi connectivity index (χ3v) is 3.97. The molecule has 0 fully saturated rings. The predicted octanol–water partition coefficient (Wildman–Crippen LogP) is 5.65. The SMILES string of the molecule is CCC/C=C/CCCCC(=O)OC(CCCC)CCCCC(=O)O. The summed E-state index contributed by atoms with van der Waals surface area (Å²) in [5.74, 6) is -0.864. The lowest BCUT2D eigenvalue weighted by atomic mass is 10.0. The van der Waals surface area contributed by atoms with Gasteiger partial charge < -0.3 is 9.84 Å². The van der Waals surface area contributed by atoms with Crippen LogP contribution in [0, 0.1) is 0 Å². The van der Waals surface area contributed by atoms with Gasteiger partial charge in [-0.15, -0.1) is 0 Å². The number of carbonyl (C=O) groups excluding carboxylic acids is 1. The number of unbranched alkanes of at least 4 members (excludes halogenated alkanes) is 5. The van der Waals surface area contributed by atoms with Gasteiger partial charge in [0.25, 0.3) is 0 Å². The number of carbonyl (C=O) groups is 2. The molecule has 0 radical (unpaired) electrons. The molecule has 1 atom stereocenters. The molecule has 0 rings (SSSR count). The van der Waals surface area contributed by atoms with Crippen LogP contribution in [0.5, 0.6) is 0 Å². The molecule has 1 N–H and O–H groups in total. The number of hydrogen-bond acceptors (Lipinski definition) is 3.